The van der Waals surface area contributed by atoms with Crippen LogP contribution in [0, 0.1) is 0 Å². The number of aliphatic hydroxyl groups excluding tert-OH is 1. The number of unbranched alkanes of at least 4 members (excludes halogenated alkanes) is 37. The fourth-order valence-electron chi connectivity index (χ4n) is 8.08. The molecule has 348 valence electrons. The molecule has 8 nitrogen and oxygen atoms in total. The van der Waals surface area contributed by atoms with Crippen molar-refractivity contribution in [2.75, 3.05) is 19.8 Å². The van der Waals surface area contributed by atoms with E-state index in [9.17, 15) is 19.4 Å². The Morgan fingerprint density at radius 2 is 0.793 bits per heavy atom. The number of nitrogens with one attached hydrogen (secondary N) is 1. The Bertz CT molecular complexity index is 880. The average molecular weight is 845 g/mol. The molecule has 1 unspecified atom stereocenters. The zero-order valence-electron chi connectivity index (χ0n) is 38.8. The molecular formula is C49H101N2O6P. The fourth-order valence-corrected chi connectivity index (χ4v) is 8.84. The topological polar surface area (TPSA) is 131 Å². The third-order valence-electron chi connectivity index (χ3n) is 12.0. The molecule has 0 radical (unpaired) electrons. The molecule has 9 heteroatoms. The normalized spacial score (nSPS) is 13.8. The summed E-state index contributed by atoms with van der Waals surface area (Å²) >= 11 is 0. The van der Waals surface area contributed by atoms with Crippen LogP contribution in [0.15, 0.2) is 0 Å². The quantitative estimate of drug-likeness (QED) is 0.0354. The molecule has 1 amide bonds. The van der Waals surface area contributed by atoms with E-state index in [1.54, 1.807) is 0 Å². The van der Waals surface area contributed by atoms with Crippen LogP contribution in [-0.4, -0.2) is 47.8 Å². The summed E-state index contributed by atoms with van der Waals surface area (Å²) in [7, 11) is -4.31. The van der Waals surface area contributed by atoms with Crippen molar-refractivity contribution < 1.29 is 28.4 Å². The molecular weight excluding hydrogens is 744 g/mol. The monoisotopic (exact) mass is 845 g/mol. The number of aliphatic hydroxyl groups is 1. The minimum Gasteiger partial charge on any atom is -0.391 e. The van der Waals surface area contributed by atoms with Crippen LogP contribution < -0.4 is 11.1 Å². The number of carbonyl (C=O) groups excluding carboxylic acids is 1. The Labute approximate surface area is 361 Å². The van der Waals surface area contributed by atoms with Gasteiger partial charge in [0.1, 0.15) is 0 Å². The van der Waals surface area contributed by atoms with Gasteiger partial charge in [-0.3, -0.25) is 13.8 Å². The predicted molar refractivity (Wildman–Crippen MR) is 249 cm³/mol. The van der Waals surface area contributed by atoms with E-state index in [1.807, 2.05) is 0 Å². The van der Waals surface area contributed by atoms with Gasteiger partial charge >= 0.3 is 7.82 Å². The van der Waals surface area contributed by atoms with Gasteiger partial charge in [-0.1, -0.05) is 258 Å². The Hall–Kier alpha value is -0.500. The summed E-state index contributed by atoms with van der Waals surface area (Å²) in [5.74, 6) is -0.156. The number of nitrogens with two attached hydrogens (primary N) is 1. The van der Waals surface area contributed by atoms with Crippen LogP contribution >= 0.6 is 7.82 Å². The summed E-state index contributed by atoms with van der Waals surface area (Å²) in [6, 6.07) is -0.767. The first-order valence-electron chi connectivity index (χ1n) is 25.7. The van der Waals surface area contributed by atoms with Gasteiger partial charge in [-0.25, -0.2) is 4.57 Å². The highest BCUT2D eigenvalue weighted by molar-refractivity contribution is 7.47. The van der Waals surface area contributed by atoms with E-state index < -0.39 is 20.0 Å². The maximum absolute atomic E-state index is 12.8. The smallest absolute Gasteiger partial charge is 0.391 e. The molecule has 0 aliphatic rings. The van der Waals surface area contributed by atoms with Crippen LogP contribution in [-0.2, 0) is 18.4 Å². The van der Waals surface area contributed by atoms with Crippen LogP contribution in [0.2, 0.25) is 0 Å². The molecule has 0 saturated heterocycles. The Kier molecular flexibility index (Phi) is 45.6. The van der Waals surface area contributed by atoms with Crippen molar-refractivity contribution in [3.63, 3.8) is 0 Å². The lowest BCUT2D eigenvalue weighted by atomic mass is 10.0. The highest BCUT2D eigenvalue weighted by atomic mass is 31.2. The molecule has 0 bridgehead atoms. The van der Waals surface area contributed by atoms with Crippen molar-refractivity contribution in [1.29, 1.82) is 0 Å². The molecule has 0 fully saturated rings. The van der Waals surface area contributed by atoms with E-state index in [0.29, 0.717) is 12.8 Å². The lowest BCUT2D eigenvalue weighted by molar-refractivity contribution is -0.123. The molecule has 0 aromatic heterocycles. The van der Waals surface area contributed by atoms with Crippen LogP contribution in [0.4, 0.5) is 0 Å². The van der Waals surface area contributed by atoms with Gasteiger partial charge in [0, 0.05) is 13.0 Å². The van der Waals surface area contributed by atoms with Crippen LogP contribution in [0.3, 0.4) is 0 Å². The third kappa shape index (κ3) is 43.6. The largest absolute Gasteiger partial charge is 0.472 e. The maximum atomic E-state index is 12.8. The first kappa shape index (κ1) is 57.5. The molecule has 58 heavy (non-hydrogen) atoms. The van der Waals surface area contributed by atoms with Crippen molar-refractivity contribution in [2.45, 2.75) is 289 Å². The SMILES string of the molecule is CCCCCCCCCCCCCCCCCCCCCCCCCCCCCCCC(=O)N[C@@H](COP(=O)(O)OCCN)[C@H](O)CCCCCCCCCCCC. The fraction of sp³-hybridized carbons (Fsp3) is 0.980. The second-order valence-electron chi connectivity index (χ2n) is 17.7. The Morgan fingerprint density at radius 3 is 1.10 bits per heavy atom. The van der Waals surface area contributed by atoms with Crippen LogP contribution in [0.5, 0.6) is 0 Å². The van der Waals surface area contributed by atoms with Gasteiger partial charge in [-0.15, -0.1) is 0 Å². The van der Waals surface area contributed by atoms with Crippen LogP contribution in [0.1, 0.15) is 277 Å². The van der Waals surface area contributed by atoms with Gasteiger partial charge in [-0.05, 0) is 12.8 Å². The lowest BCUT2D eigenvalue weighted by Gasteiger charge is -2.25. The van der Waals surface area contributed by atoms with Gasteiger partial charge in [-0.2, -0.15) is 0 Å². The minimum atomic E-state index is -4.31. The van der Waals surface area contributed by atoms with Crippen LogP contribution in [0.25, 0.3) is 0 Å². The van der Waals surface area contributed by atoms with Gasteiger partial charge in [0.15, 0.2) is 0 Å². The summed E-state index contributed by atoms with van der Waals surface area (Å²) < 4.78 is 22.2. The number of carbonyl (C=O) groups is 1. The second-order valence-corrected chi connectivity index (χ2v) is 19.2. The van der Waals surface area contributed by atoms with E-state index >= 15 is 0 Å². The molecule has 3 atom stereocenters. The first-order valence-corrected chi connectivity index (χ1v) is 27.1. The number of phosphoric acid groups is 1. The summed E-state index contributed by atoms with van der Waals surface area (Å²) in [6.45, 7) is 4.23. The van der Waals surface area contributed by atoms with E-state index in [0.717, 1.165) is 38.5 Å². The highest BCUT2D eigenvalue weighted by Gasteiger charge is 2.27. The van der Waals surface area contributed by atoms with E-state index in [1.165, 1.54) is 212 Å². The molecule has 0 aliphatic heterocycles. The summed E-state index contributed by atoms with van der Waals surface area (Å²) in [5, 5.41) is 13.8. The Morgan fingerprint density at radius 1 is 0.500 bits per heavy atom. The molecule has 0 spiro atoms. The minimum absolute atomic E-state index is 0.0924. The van der Waals surface area contributed by atoms with Crippen molar-refractivity contribution in [2.24, 2.45) is 5.73 Å². The number of hydrogen-bond donors (Lipinski definition) is 4. The number of amides is 1. The standard InChI is InChI=1S/C49H101N2O6P/c1-3-5-7-9-11-13-15-16-17-18-19-20-21-22-23-24-25-26-27-28-29-30-31-32-33-35-37-39-41-43-49(53)51-47(46-57-58(54,55)56-45-44-50)48(52)42-40-38-36-34-14-12-10-8-6-4-2/h47-48,52H,3-46,50H2,1-2H3,(H,51,53)(H,54,55)/t47-,48+/m0/s1. The zero-order valence-corrected chi connectivity index (χ0v) is 39.7. The molecule has 0 saturated carbocycles. The van der Waals surface area contributed by atoms with Crippen molar-refractivity contribution in [1.82, 2.24) is 5.32 Å². The molecule has 0 aromatic carbocycles. The highest BCUT2D eigenvalue weighted by Crippen LogP contribution is 2.43. The van der Waals surface area contributed by atoms with Crippen molar-refractivity contribution >= 4 is 13.7 Å². The predicted octanol–water partition coefficient (Wildman–Crippen LogP) is 15.0. The molecule has 5 N–H and O–H groups in total. The second kappa shape index (κ2) is 46.0. The first-order chi connectivity index (χ1) is 28.4. The average Bonchev–Trinajstić information content (AvgIpc) is 3.21. The van der Waals surface area contributed by atoms with Gasteiger partial charge in [0.05, 0.1) is 25.4 Å². The molecule has 0 rings (SSSR count). The van der Waals surface area contributed by atoms with E-state index in [4.69, 9.17) is 14.8 Å². The number of hydrogen-bond acceptors (Lipinski definition) is 6. The van der Waals surface area contributed by atoms with E-state index in [-0.39, 0.29) is 25.7 Å². The summed E-state index contributed by atoms with van der Waals surface area (Å²) in [6.07, 6.45) is 51.5. The molecule has 0 aliphatic carbocycles. The third-order valence-corrected chi connectivity index (χ3v) is 12.9. The summed E-state index contributed by atoms with van der Waals surface area (Å²) in [4.78, 5) is 22.7. The lowest BCUT2D eigenvalue weighted by Crippen LogP contribution is -2.46. The summed E-state index contributed by atoms with van der Waals surface area (Å²) in [5.41, 5.74) is 5.38. The van der Waals surface area contributed by atoms with Gasteiger partial charge in [0.2, 0.25) is 5.91 Å². The zero-order chi connectivity index (χ0) is 42.5. The molecule has 0 heterocycles. The van der Waals surface area contributed by atoms with Gasteiger partial charge < -0.3 is 21.1 Å². The maximum Gasteiger partial charge on any atom is 0.472 e. The van der Waals surface area contributed by atoms with Gasteiger partial charge in [0.25, 0.3) is 0 Å². The van der Waals surface area contributed by atoms with Crippen molar-refractivity contribution in [3.05, 3.63) is 0 Å². The van der Waals surface area contributed by atoms with E-state index in [2.05, 4.69) is 19.2 Å². The Balaban J connectivity index is 3.80. The number of phosphoric ester groups is 1. The molecule has 0 aromatic rings. The number of rotatable bonds is 49. The van der Waals surface area contributed by atoms with Crippen molar-refractivity contribution in [3.8, 4) is 0 Å².